The zero-order valence-electron chi connectivity index (χ0n) is 10.00. The summed E-state index contributed by atoms with van der Waals surface area (Å²) in [5.74, 6) is -0.816. The third-order valence-electron chi connectivity index (χ3n) is 2.48. The number of hydrogen-bond acceptors (Lipinski definition) is 2. The first-order valence-corrected chi connectivity index (χ1v) is 7.82. The van der Waals surface area contributed by atoms with Gasteiger partial charge in [0.15, 0.2) is 9.04 Å². The van der Waals surface area contributed by atoms with Crippen LogP contribution in [0.2, 0.25) is 13.1 Å². The van der Waals surface area contributed by atoms with Crippen molar-refractivity contribution in [1.29, 1.82) is 0 Å². The van der Waals surface area contributed by atoms with Gasteiger partial charge in [-0.15, -0.1) is 0 Å². The van der Waals surface area contributed by atoms with Crippen molar-refractivity contribution >= 4 is 15.0 Å². The van der Waals surface area contributed by atoms with Gasteiger partial charge < -0.3 is 9.53 Å². The number of carbonyl (C=O) groups is 1. The SMILES string of the molecule is CC([C@H](O[SiH](C)C)C(=O)O)C(C)(C)C. The lowest BCUT2D eigenvalue weighted by molar-refractivity contribution is -0.149. The van der Waals surface area contributed by atoms with E-state index in [1.54, 1.807) is 0 Å². The first kappa shape index (κ1) is 13.6. The largest absolute Gasteiger partial charge is 0.479 e. The molecule has 0 heterocycles. The second-order valence-electron chi connectivity index (χ2n) is 5.10. The summed E-state index contributed by atoms with van der Waals surface area (Å²) in [6, 6.07) is 0. The molecule has 2 atom stereocenters. The van der Waals surface area contributed by atoms with E-state index in [1.807, 2.05) is 40.8 Å². The second kappa shape index (κ2) is 4.93. The van der Waals surface area contributed by atoms with Gasteiger partial charge in [0.05, 0.1) is 0 Å². The highest BCUT2D eigenvalue weighted by Gasteiger charge is 2.34. The molecule has 3 nitrogen and oxygen atoms in total. The highest BCUT2D eigenvalue weighted by Crippen LogP contribution is 2.30. The average molecular weight is 218 g/mol. The van der Waals surface area contributed by atoms with Crippen LogP contribution in [0.4, 0.5) is 0 Å². The minimum Gasteiger partial charge on any atom is -0.479 e. The Hall–Kier alpha value is -0.353. The van der Waals surface area contributed by atoms with Crippen molar-refractivity contribution in [1.82, 2.24) is 0 Å². The molecule has 0 radical (unpaired) electrons. The van der Waals surface area contributed by atoms with Crippen LogP contribution >= 0.6 is 0 Å². The maximum absolute atomic E-state index is 11.0. The lowest BCUT2D eigenvalue weighted by Gasteiger charge is -2.33. The van der Waals surface area contributed by atoms with Gasteiger partial charge in [-0.3, -0.25) is 0 Å². The van der Waals surface area contributed by atoms with Crippen molar-refractivity contribution in [2.24, 2.45) is 11.3 Å². The summed E-state index contributed by atoms with van der Waals surface area (Å²) in [6.45, 7) is 12.0. The molecule has 4 heteroatoms. The minimum absolute atomic E-state index is 0.0231. The summed E-state index contributed by atoms with van der Waals surface area (Å²) in [4.78, 5) is 11.0. The first-order valence-electron chi connectivity index (χ1n) is 5.04. The molecule has 0 aliphatic rings. The van der Waals surface area contributed by atoms with Crippen molar-refractivity contribution < 1.29 is 14.3 Å². The molecule has 0 saturated carbocycles. The molecule has 0 bridgehead atoms. The van der Waals surface area contributed by atoms with Crippen molar-refractivity contribution in [3.8, 4) is 0 Å². The standard InChI is InChI=1S/C10H22O3Si/c1-7(10(2,3)4)8(9(11)12)13-14(5)6/h7-8,14H,1-6H3,(H,11,12)/t7?,8-/m0/s1. The Morgan fingerprint density at radius 1 is 1.36 bits per heavy atom. The fourth-order valence-electron chi connectivity index (χ4n) is 1.14. The molecule has 14 heavy (non-hydrogen) atoms. The van der Waals surface area contributed by atoms with E-state index in [2.05, 4.69) is 0 Å². The van der Waals surface area contributed by atoms with Gasteiger partial charge in [0, 0.05) is 0 Å². The van der Waals surface area contributed by atoms with E-state index in [0.29, 0.717) is 0 Å². The molecule has 0 aromatic rings. The van der Waals surface area contributed by atoms with Crippen LogP contribution in [0.25, 0.3) is 0 Å². The van der Waals surface area contributed by atoms with Crippen molar-refractivity contribution in [2.75, 3.05) is 0 Å². The molecule has 0 aromatic heterocycles. The molecule has 0 aliphatic heterocycles. The van der Waals surface area contributed by atoms with Gasteiger partial charge in [-0.05, 0) is 24.4 Å². The van der Waals surface area contributed by atoms with Crippen LogP contribution < -0.4 is 0 Å². The number of hydrogen-bond donors (Lipinski definition) is 1. The number of carboxylic acids is 1. The van der Waals surface area contributed by atoms with E-state index in [1.165, 1.54) is 0 Å². The second-order valence-corrected chi connectivity index (χ2v) is 7.47. The highest BCUT2D eigenvalue weighted by molar-refractivity contribution is 6.48. The molecule has 0 spiro atoms. The predicted octanol–water partition coefficient (Wildman–Crippen LogP) is 2.12. The van der Waals surface area contributed by atoms with E-state index < -0.39 is 21.1 Å². The molecule has 0 fully saturated rings. The number of rotatable bonds is 4. The molecule has 0 amide bonds. The van der Waals surface area contributed by atoms with Gasteiger partial charge >= 0.3 is 5.97 Å². The van der Waals surface area contributed by atoms with Gasteiger partial charge in [0.2, 0.25) is 0 Å². The average Bonchev–Trinajstić information content (AvgIpc) is 1.96. The molecule has 0 aliphatic carbocycles. The van der Waals surface area contributed by atoms with Crippen molar-refractivity contribution in [3.63, 3.8) is 0 Å². The summed E-state index contributed by atoms with van der Waals surface area (Å²) in [7, 11) is -1.29. The molecular weight excluding hydrogens is 196 g/mol. The maximum atomic E-state index is 11.0. The number of carboxylic acid groups (broad SMARTS) is 1. The lowest BCUT2D eigenvalue weighted by Crippen LogP contribution is -2.40. The molecule has 1 N–H and O–H groups in total. The Labute approximate surface area is 88.2 Å². The Morgan fingerprint density at radius 3 is 2.00 bits per heavy atom. The summed E-state index contributed by atoms with van der Waals surface area (Å²) in [5.41, 5.74) is -0.0354. The highest BCUT2D eigenvalue weighted by atomic mass is 28.3. The monoisotopic (exact) mass is 218 g/mol. The Bertz CT molecular complexity index is 196. The van der Waals surface area contributed by atoms with E-state index >= 15 is 0 Å². The summed E-state index contributed by atoms with van der Waals surface area (Å²) in [6.07, 6.45) is -0.651. The molecule has 0 saturated heterocycles. The van der Waals surface area contributed by atoms with E-state index in [4.69, 9.17) is 9.53 Å². The first-order chi connectivity index (χ1) is 6.16. The quantitative estimate of drug-likeness (QED) is 0.735. The van der Waals surface area contributed by atoms with Crippen molar-refractivity contribution in [3.05, 3.63) is 0 Å². The summed E-state index contributed by atoms with van der Waals surface area (Å²) >= 11 is 0. The summed E-state index contributed by atoms with van der Waals surface area (Å²) in [5, 5.41) is 9.05. The van der Waals surface area contributed by atoms with Crippen LogP contribution in [-0.2, 0) is 9.22 Å². The molecule has 0 rings (SSSR count). The maximum Gasteiger partial charge on any atom is 0.331 e. The zero-order valence-corrected chi connectivity index (χ0v) is 11.2. The van der Waals surface area contributed by atoms with E-state index in [0.717, 1.165) is 0 Å². The molecule has 1 unspecified atom stereocenters. The summed E-state index contributed by atoms with van der Waals surface area (Å²) < 4.78 is 5.54. The van der Waals surface area contributed by atoms with Crippen LogP contribution in [0.1, 0.15) is 27.7 Å². The zero-order chi connectivity index (χ0) is 11.5. The Balaban J connectivity index is 4.58. The Morgan fingerprint density at radius 2 is 1.79 bits per heavy atom. The number of aliphatic carboxylic acids is 1. The van der Waals surface area contributed by atoms with Gasteiger partial charge in [0.25, 0.3) is 0 Å². The third kappa shape index (κ3) is 4.24. The van der Waals surface area contributed by atoms with Gasteiger partial charge in [-0.1, -0.05) is 27.7 Å². The molecule has 84 valence electrons. The van der Waals surface area contributed by atoms with Gasteiger partial charge in [0.1, 0.15) is 6.10 Å². The van der Waals surface area contributed by atoms with Crippen LogP contribution in [0.5, 0.6) is 0 Å². The topological polar surface area (TPSA) is 46.5 Å². The van der Waals surface area contributed by atoms with Crippen molar-refractivity contribution in [2.45, 2.75) is 46.9 Å². The van der Waals surface area contributed by atoms with Crippen LogP contribution in [-0.4, -0.2) is 26.2 Å². The van der Waals surface area contributed by atoms with Crippen LogP contribution in [0, 0.1) is 11.3 Å². The lowest BCUT2D eigenvalue weighted by atomic mass is 9.79. The third-order valence-corrected chi connectivity index (χ3v) is 3.32. The fraction of sp³-hybridized carbons (Fsp3) is 0.900. The fourth-order valence-corrected chi connectivity index (χ4v) is 2.08. The van der Waals surface area contributed by atoms with E-state index in [-0.39, 0.29) is 11.3 Å². The van der Waals surface area contributed by atoms with Crippen LogP contribution in [0.3, 0.4) is 0 Å². The molecular formula is C10H22O3Si. The molecule has 0 aromatic carbocycles. The van der Waals surface area contributed by atoms with Crippen LogP contribution in [0.15, 0.2) is 0 Å². The predicted molar refractivity (Wildman–Crippen MR) is 60.0 cm³/mol. The van der Waals surface area contributed by atoms with Gasteiger partial charge in [-0.2, -0.15) is 0 Å². The van der Waals surface area contributed by atoms with Gasteiger partial charge in [-0.25, -0.2) is 4.79 Å². The smallest absolute Gasteiger partial charge is 0.331 e. The normalized spacial score (nSPS) is 16.8. The Kier molecular flexibility index (Phi) is 4.81. The van der Waals surface area contributed by atoms with E-state index in [9.17, 15) is 4.79 Å². The minimum atomic E-state index is -1.29.